The van der Waals surface area contributed by atoms with Crippen LogP contribution >= 0.6 is 0 Å². The van der Waals surface area contributed by atoms with E-state index in [0.717, 1.165) is 18.4 Å². The van der Waals surface area contributed by atoms with Gasteiger partial charge in [0.15, 0.2) is 9.84 Å². The van der Waals surface area contributed by atoms with Crippen molar-refractivity contribution < 1.29 is 21.6 Å². The van der Waals surface area contributed by atoms with Crippen LogP contribution in [0.15, 0.2) is 24.3 Å². The van der Waals surface area contributed by atoms with Crippen molar-refractivity contribution in [3.63, 3.8) is 0 Å². The summed E-state index contributed by atoms with van der Waals surface area (Å²) in [7, 11) is -3.44. The number of nitrogens with two attached hydrogens (primary N) is 1. The number of sulfone groups is 1. The molecule has 0 bridgehead atoms. The van der Waals surface area contributed by atoms with Crippen LogP contribution in [0.2, 0.25) is 0 Å². The van der Waals surface area contributed by atoms with Gasteiger partial charge in [-0.1, -0.05) is 18.2 Å². The third-order valence-electron chi connectivity index (χ3n) is 3.69. The molecule has 0 amide bonds. The molecule has 0 saturated heterocycles. The molecule has 21 heavy (non-hydrogen) atoms. The number of hydrogen-bond acceptors (Lipinski definition) is 4. The SMILES string of the molecule is CC(C)(C(Cc1cccc(C(F)(F)F)c1)NN)S(C)(=O)=O. The largest absolute Gasteiger partial charge is 0.416 e. The summed E-state index contributed by atoms with van der Waals surface area (Å²) in [6.07, 6.45) is -3.29. The van der Waals surface area contributed by atoms with E-state index in [0.29, 0.717) is 5.56 Å². The molecule has 0 saturated carbocycles. The predicted molar refractivity (Wildman–Crippen MR) is 75.2 cm³/mol. The molecular weight excluding hydrogens is 305 g/mol. The Labute approximate surface area is 122 Å². The highest BCUT2D eigenvalue weighted by molar-refractivity contribution is 7.92. The van der Waals surface area contributed by atoms with Gasteiger partial charge in [0.2, 0.25) is 0 Å². The molecule has 8 heteroatoms. The highest BCUT2D eigenvalue weighted by atomic mass is 32.2. The number of hydrogen-bond donors (Lipinski definition) is 2. The van der Waals surface area contributed by atoms with Gasteiger partial charge in [0.05, 0.1) is 10.3 Å². The van der Waals surface area contributed by atoms with Crippen molar-refractivity contribution in [2.75, 3.05) is 6.26 Å². The van der Waals surface area contributed by atoms with Crippen LogP contribution in [0, 0.1) is 0 Å². The molecule has 0 aliphatic heterocycles. The first-order chi connectivity index (χ1) is 9.39. The smallest absolute Gasteiger partial charge is 0.271 e. The van der Waals surface area contributed by atoms with Gasteiger partial charge in [-0.15, -0.1) is 0 Å². The van der Waals surface area contributed by atoms with Crippen LogP contribution in [0.3, 0.4) is 0 Å². The van der Waals surface area contributed by atoms with Crippen molar-refractivity contribution in [3.05, 3.63) is 35.4 Å². The Hall–Kier alpha value is -1.12. The fourth-order valence-corrected chi connectivity index (χ4v) is 2.54. The Morgan fingerprint density at radius 1 is 1.29 bits per heavy atom. The minimum absolute atomic E-state index is 0.0699. The molecule has 1 aromatic rings. The van der Waals surface area contributed by atoms with E-state index in [1.54, 1.807) is 0 Å². The number of alkyl halides is 3. The Kier molecular flexibility index (Phi) is 5.07. The van der Waals surface area contributed by atoms with Crippen LogP contribution in [-0.2, 0) is 22.4 Å². The summed E-state index contributed by atoms with van der Waals surface area (Å²) in [6.45, 7) is 2.97. The lowest BCUT2D eigenvalue weighted by molar-refractivity contribution is -0.137. The standard InChI is InChI=1S/C13H19F3N2O2S/c1-12(2,21(3,19)20)11(18-17)8-9-5-4-6-10(7-9)13(14,15)16/h4-7,11,18H,8,17H2,1-3H3. The Morgan fingerprint density at radius 3 is 2.29 bits per heavy atom. The summed E-state index contributed by atoms with van der Waals surface area (Å²) >= 11 is 0. The van der Waals surface area contributed by atoms with Crippen molar-refractivity contribution in [2.24, 2.45) is 5.84 Å². The van der Waals surface area contributed by atoms with Gasteiger partial charge in [-0.05, 0) is 31.9 Å². The van der Waals surface area contributed by atoms with E-state index in [2.05, 4.69) is 5.43 Å². The number of benzene rings is 1. The summed E-state index contributed by atoms with van der Waals surface area (Å²) in [5, 5.41) is 0. The van der Waals surface area contributed by atoms with Crippen molar-refractivity contribution in [2.45, 2.75) is 37.2 Å². The fraction of sp³-hybridized carbons (Fsp3) is 0.538. The highest BCUT2D eigenvalue weighted by Crippen LogP contribution is 2.30. The monoisotopic (exact) mass is 324 g/mol. The van der Waals surface area contributed by atoms with E-state index in [9.17, 15) is 21.6 Å². The van der Waals surface area contributed by atoms with E-state index in [-0.39, 0.29) is 6.42 Å². The van der Waals surface area contributed by atoms with E-state index in [1.165, 1.54) is 26.0 Å². The lowest BCUT2D eigenvalue weighted by atomic mass is 9.95. The predicted octanol–water partition coefficient (Wildman–Crippen LogP) is 1.90. The van der Waals surface area contributed by atoms with Gasteiger partial charge in [0.1, 0.15) is 0 Å². The minimum Gasteiger partial charge on any atom is -0.271 e. The van der Waals surface area contributed by atoms with Crippen LogP contribution in [-0.4, -0.2) is 25.5 Å². The Morgan fingerprint density at radius 2 is 1.86 bits per heavy atom. The molecule has 0 fully saturated rings. The number of rotatable bonds is 5. The molecular formula is C13H19F3N2O2S. The van der Waals surface area contributed by atoms with Gasteiger partial charge in [0, 0.05) is 12.3 Å². The van der Waals surface area contributed by atoms with Gasteiger partial charge in [-0.2, -0.15) is 13.2 Å². The van der Waals surface area contributed by atoms with E-state index in [4.69, 9.17) is 5.84 Å². The first kappa shape index (κ1) is 17.9. The zero-order chi connectivity index (χ0) is 16.5. The van der Waals surface area contributed by atoms with Crippen molar-refractivity contribution in [1.29, 1.82) is 0 Å². The summed E-state index contributed by atoms with van der Waals surface area (Å²) < 4.78 is 60.4. The minimum atomic E-state index is -4.44. The maximum absolute atomic E-state index is 12.7. The second-order valence-corrected chi connectivity index (χ2v) is 8.09. The maximum atomic E-state index is 12.7. The topological polar surface area (TPSA) is 72.2 Å². The molecule has 0 radical (unpaired) electrons. The molecule has 1 aromatic carbocycles. The van der Waals surface area contributed by atoms with Crippen molar-refractivity contribution in [1.82, 2.24) is 5.43 Å². The zero-order valence-corrected chi connectivity index (χ0v) is 12.8. The Balaban J connectivity index is 3.09. The molecule has 0 heterocycles. The van der Waals surface area contributed by atoms with Gasteiger partial charge in [0.25, 0.3) is 0 Å². The average molecular weight is 324 g/mol. The molecule has 4 nitrogen and oxygen atoms in total. The number of hydrazine groups is 1. The molecule has 3 N–H and O–H groups in total. The molecule has 1 rings (SSSR count). The van der Waals surface area contributed by atoms with Crippen molar-refractivity contribution >= 4 is 9.84 Å². The fourth-order valence-electron chi connectivity index (χ4n) is 1.87. The van der Waals surface area contributed by atoms with Gasteiger partial charge in [-0.3, -0.25) is 11.3 Å². The third-order valence-corrected chi connectivity index (χ3v) is 5.89. The van der Waals surface area contributed by atoms with Crippen LogP contribution in [0.25, 0.3) is 0 Å². The quantitative estimate of drug-likeness (QED) is 0.641. The highest BCUT2D eigenvalue weighted by Gasteiger charge is 2.39. The van der Waals surface area contributed by atoms with Crippen LogP contribution in [0.4, 0.5) is 13.2 Å². The first-order valence-electron chi connectivity index (χ1n) is 6.21. The average Bonchev–Trinajstić information content (AvgIpc) is 2.33. The van der Waals surface area contributed by atoms with E-state index in [1.807, 2.05) is 0 Å². The zero-order valence-electron chi connectivity index (χ0n) is 12.0. The maximum Gasteiger partial charge on any atom is 0.416 e. The lowest BCUT2D eigenvalue weighted by Crippen LogP contribution is -2.55. The molecule has 0 spiro atoms. The molecule has 120 valence electrons. The van der Waals surface area contributed by atoms with Crippen LogP contribution < -0.4 is 11.3 Å². The normalized spacial score (nSPS) is 15.0. The number of halogens is 3. The van der Waals surface area contributed by atoms with E-state index >= 15 is 0 Å². The molecule has 1 atom stereocenters. The van der Waals surface area contributed by atoms with E-state index < -0.39 is 32.4 Å². The van der Waals surface area contributed by atoms with Gasteiger partial charge < -0.3 is 0 Å². The summed E-state index contributed by atoms with van der Waals surface area (Å²) in [4.78, 5) is 0. The summed E-state index contributed by atoms with van der Waals surface area (Å²) in [6, 6.07) is 4.06. The number of nitrogens with one attached hydrogen (secondary N) is 1. The van der Waals surface area contributed by atoms with Gasteiger partial charge in [-0.25, -0.2) is 8.42 Å². The summed E-state index contributed by atoms with van der Waals surface area (Å²) in [5.41, 5.74) is 1.99. The molecule has 0 aliphatic carbocycles. The summed E-state index contributed by atoms with van der Waals surface area (Å²) in [5.74, 6) is 5.39. The lowest BCUT2D eigenvalue weighted by Gasteiger charge is -2.32. The van der Waals surface area contributed by atoms with Crippen LogP contribution in [0.1, 0.15) is 25.0 Å². The molecule has 0 aliphatic rings. The third kappa shape index (κ3) is 4.18. The second kappa shape index (κ2) is 5.94. The van der Waals surface area contributed by atoms with Crippen LogP contribution in [0.5, 0.6) is 0 Å². The van der Waals surface area contributed by atoms with Crippen molar-refractivity contribution in [3.8, 4) is 0 Å². The molecule has 0 aromatic heterocycles. The molecule has 1 unspecified atom stereocenters. The first-order valence-corrected chi connectivity index (χ1v) is 8.10. The van der Waals surface area contributed by atoms with Gasteiger partial charge >= 0.3 is 6.18 Å². The second-order valence-electron chi connectivity index (χ2n) is 5.50. The Bertz CT molecular complexity index is 598.